The van der Waals surface area contributed by atoms with Gasteiger partial charge in [0.25, 0.3) is 0 Å². The molecule has 6 heteroatoms. The molecule has 2 heterocycles. The van der Waals surface area contributed by atoms with E-state index in [2.05, 4.69) is 13.8 Å². The van der Waals surface area contributed by atoms with E-state index in [9.17, 15) is 9.59 Å². The first-order valence-corrected chi connectivity index (χ1v) is 11.3. The first-order valence-electron chi connectivity index (χ1n) is 11.3. The van der Waals surface area contributed by atoms with Gasteiger partial charge in [-0.3, -0.25) is 9.59 Å². The topological polar surface area (TPSA) is 63.0 Å². The normalized spacial score (nSPS) is 16.1. The van der Waals surface area contributed by atoms with Crippen LogP contribution in [0.25, 0.3) is 0 Å². The summed E-state index contributed by atoms with van der Waals surface area (Å²) in [5.41, 5.74) is 0. The van der Waals surface area contributed by atoms with Gasteiger partial charge in [-0.1, -0.05) is 39.5 Å². The van der Waals surface area contributed by atoms with Crippen LogP contribution in [0.2, 0.25) is 0 Å². The lowest BCUT2D eigenvalue weighted by atomic mass is 10.1. The van der Waals surface area contributed by atoms with Gasteiger partial charge < -0.3 is 19.0 Å². The van der Waals surface area contributed by atoms with Crippen molar-refractivity contribution in [1.29, 1.82) is 0 Å². The van der Waals surface area contributed by atoms with Gasteiger partial charge in [0.2, 0.25) is 11.8 Å². The molecule has 0 aromatic carbocycles. The molecule has 0 radical (unpaired) electrons. The molecular weight excluding hydrogens is 368 g/mol. The van der Waals surface area contributed by atoms with Gasteiger partial charge in [-0.2, -0.15) is 0 Å². The van der Waals surface area contributed by atoms with E-state index in [4.69, 9.17) is 9.15 Å². The van der Waals surface area contributed by atoms with Crippen molar-refractivity contribution in [3.8, 4) is 0 Å². The zero-order chi connectivity index (χ0) is 20.9. The van der Waals surface area contributed by atoms with Gasteiger partial charge in [0.15, 0.2) is 0 Å². The number of carbonyl (C=O) groups is 2. The molecule has 164 valence electrons. The number of hydrogen-bond acceptors (Lipinski definition) is 4. The van der Waals surface area contributed by atoms with Crippen LogP contribution >= 0.6 is 0 Å². The number of unbranched alkanes of at least 4 members (excludes halogenated alkanes) is 4. The predicted molar refractivity (Wildman–Crippen MR) is 113 cm³/mol. The lowest BCUT2D eigenvalue weighted by Crippen LogP contribution is -2.45. The Morgan fingerprint density at radius 2 is 1.90 bits per heavy atom. The van der Waals surface area contributed by atoms with Crippen molar-refractivity contribution in [2.45, 2.75) is 84.3 Å². The molecule has 1 unspecified atom stereocenters. The fraction of sp³-hybridized carbons (Fsp3) is 0.739. The van der Waals surface area contributed by atoms with Gasteiger partial charge in [0.1, 0.15) is 5.76 Å². The number of hydrogen-bond donors (Lipinski definition) is 0. The average molecular weight is 407 g/mol. The van der Waals surface area contributed by atoms with Crippen LogP contribution in [-0.4, -0.2) is 54.0 Å². The van der Waals surface area contributed by atoms with Gasteiger partial charge in [-0.25, -0.2) is 0 Å². The number of ether oxygens (including phenoxy) is 1. The third kappa shape index (κ3) is 8.60. The van der Waals surface area contributed by atoms with Crippen LogP contribution in [0.4, 0.5) is 0 Å². The first-order chi connectivity index (χ1) is 14.1. The second kappa shape index (κ2) is 13.4. The van der Waals surface area contributed by atoms with Gasteiger partial charge in [-0.15, -0.1) is 0 Å². The van der Waals surface area contributed by atoms with E-state index >= 15 is 0 Å². The van der Waals surface area contributed by atoms with Crippen LogP contribution in [-0.2, 0) is 20.9 Å². The molecule has 29 heavy (non-hydrogen) atoms. The Morgan fingerprint density at radius 1 is 1.07 bits per heavy atom. The number of furan rings is 1. The largest absolute Gasteiger partial charge is 0.467 e. The SMILES string of the molecule is CCCCCCC(=O)N(CCCC)CC(=O)N(Cc1ccco1)CC1CCCO1. The maximum atomic E-state index is 13.1. The number of amides is 2. The minimum Gasteiger partial charge on any atom is -0.467 e. The molecule has 1 saturated heterocycles. The summed E-state index contributed by atoms with van der Waals surface area (Å²) in [5.74, 6) is 0.815. The van der Waals surface area contributed by atoms with Crippen molar-refractivity contribution < 1.29 is 18.7 Å². The Labute approximate surface area is 175 Å². The maximum Gasteiger partial charge on any atom is 0.242 e. The summed E-state index contributed by atoms with van der Waals surface area (Å²) in [6.45, 7) is 6.77. The quantitative estimate of drug-likeness (QED) is 0.430. The molecule has 2 rings (SSSR count). The molecule has 0 N–H and O–H groups in total. The van der Waals surface area contributed by atoms with E-state index < -0.39 is 0 Å². The van der Waals surface area contributed by atoms with Crippen molar-refractivity contribution in [3.05, 3.63) is 24.2 Å². The molecule has 2 amide bonds. The van der Waals surface area contributed by atoms with Crippen molar-refractivity contribution >= 4 is 11.8 Å². The van der Waals surface area contributed by atoms with Crippen molar-refractivity contribution in [1.82, 2.24) is 9.80 Å². The number of nitrogens with zero attached hydrogens (tertiary/aromatic N) is 2. The van der Waals surface area contributed by atoms with Gasteiger partial charge in [0.05, 0.1) is 25.5 Å². The van der Waals surface area contributed by atoms with Gasteiger partial charge in [-0.05, 0) is 37.8 Å². The molecule has 1 aromatic heterocycles. The summed E-state index contributed by atoms with van der Waals surface area (Å²) in [6.07, 6.45) is 10.4. The van der Waals surface area contributed by atoms with Crippen molar-refractivity contribution in [3.63, 3.8) is 0 Å². The highest BCUT2D eigenvalue weighted by Crippen LogP contribution is 2.16. The van der Waals surface area contributed by atoms with E-state index in [1.54, 1.807) is 16.1 Å². The second-order valence-electron chi connectivity index (χ2n) is 7.97. The summed E-state index contributed by atoms with van der Waals surface area (Å²) >= 11 is 0. The highest BCUT2D eigenvalue weighted by Gasteiger charge is 2.26. The Hall–Kier alpha value is -1.82. The third-order valence-electron chi connectivity index (χ3n) is 5.43. The Morgan fingerprint density at radius 3 is 2.55 bits per heavy atom. The predicted octanol–water partition coefficient (Wildman–Crippen LogP) is 4.39. The lowest BCUT2D eigenvalue weighted by molar-refractivity contribution is -0.142. The molecular formula is C23H38N2O4. The van der Waals surface area contributed by atoms with Gasteiger partial charge >= 0.3 is 0 Å². The summed E-state index contributed by atoms with van der Waals surface area (Å²) in [7, 11) is 0. The highest BCUT2D eigenvalue weighted by atomic mass is 16.5. The molecule has 1 atom stereocenters. The van der Waals surface area contributed by atoms with E-state index in [0.717, 1.165) is 63.7 Å². The molecule has 1 aliphatic rings. The van der Waals surface area contributed by atoms with E-state index in [1.165, 1.54) is 0 Å². The van der Waals surface area contributed by atoms with E-state index in [1.807, 2.05) is 12.1 Å². The molecule has 0 bridgehead atoms. The summed E-state index contributed by atoms with van der Waals surface area (Å²) in [5, 5.41) is 0. The van der Waals surface area contributed by atoms with E-state index in [0.29, 0.717) is 26.1 Å². The minimum atomic E-state index is -0.0325. The lowest BCUT2D eigenvalue weighted by Gasteiger charge is -2.29. The van der Waals surface area contributed by atoms with Crippen LogP contribution < -0.4 is 0 Å². The monoisotopic (exact) mass is 406 g/mol. The molecule has 1 aliphatic heterocycles. The molecule has 6 nitrogen and oxygen atoms in total. The Kier molecular flexibility index (Phi) is 10.8. The molecule has 0 aliphatic carbocycles. The molecule has 1 fully saturated rings. The zero-order valence-electron chi connectivity index (χ0n) is 18.2. The Balaban J connectivity index is 1.97. The van der Waals surface area contributed by atoms with Gasteiger partial charge in [0, 0.05) is 26.1 Å². The second-order valence-corrected chi connectivity index (χ2v) is 7.97. The smallest absolute Gasteiger partial charge is 0.242 e. The molecule has 0 saturated carbocycles. The molecule has 0 spiro atoms. The maximum absolute atomic E-state index is 13.1. The van der Waals surface area contributed by atoms with Crippen molar-refractivity contribution in [2.24, 2.45) is 0 Å². The first kappa shape index (κ1) is 23.5. The van der Waals surface area contributed by atoms with Crippen LogP contribution in [0.1, 0.15) is 77.4 Å². The molecule has 1 aromatic rings. The van der Waals surface area contributed by atoms with E-state index in [-0.39, 0.29) is 24.5 Å². The average Bonchev–Trinajstić information content (AvgIpc) is 3.42. The summed E-state index contributed by atoms with van der Waals surface area (Å²) < 4.78 is 11.2. The minimum absolute atomic E-state index is 0.0325. The summed E-state index contributed by atoms with van der Waals surface area (Å²) in [4.78, 5) is 29.4. The Bertz CT molecular complexity index is 582. The number of carbonyl (C=O) groups excluding carboxylic acids is 2. The standard InChI is InChI=1S/C23H38N2O4/c1-3-5-7-8-13-22(26)24(14-6-4-2)19-23(27)25(17-20-11-9-15-28-20)18-21-12-10-16-29-21/h9,11,15,21H,3-8,10,12-14,16-19H2,1-2H3. The highest BCUT2D eigenvalue weighted by molar-refractivity contribution is 5.84. The van der Waals surface area contributed by atoms with Crippen LogP contribution in [0, 0.1) is 0 Å². The van der Waals surface area contributed by atoms with Crippen LogP contribution in [0.5, 0.6) is 0 Å². The van der Waals surface area contributed by atoms with Crippen LogP contribution in [0.15, 0.2) is 22.8 Å². The number of rotatable bonds is 14. The summed E-state index contributed by atoms with van der Waals surface area (Å²) in [6, 6.07) is 3.71. The fourth-order valence-electron chi connectivity index (χ4n) is 3.64. The third-order valence-corrected chi connectivity index (χ3v) is 5.43. The van der Waals surface area contributed by atoms with Crippen molar-refractivity contribution in [2.75, 3.05) is 26.2 Å². The fourth-order valence-corrected chi connectivity index (χ4v) is 3.64. The zero-order valence-corrected chi connectivity index (χ0v) is 18.2. The van der Waals surface area contributed by atoms with Crippen LogP contribution in [0.3, 0.4) is 0 Å².